The van der Waals surface area contributed by atoms with Crippen molar-refractivity contribution in [3.05, 3.63) is 90.0 Å². The Morgan fingerprint density at radius 3 is 2.00 bits per heavy atom. The molecule has 3 aromatic carbocycles. The Balaban J connectivity index is 1.92. The van der Waals surface area contributed by atoms with Gasteiger partial charge in [0.15, 0.2) is 0 Å². The quantitative estimate of drug-likeness (QED) is 0.318. The first-order valence-corrected chi connectivity index (χ1v) is 11.4. The molecule has 0 spiro atoms. The average Bonchev–Trinajstić information content (AvgIpc) is 3.15. The predicted octanol–water partition coefficient (Wildman–Crippen LogP) is 7.89. The molecular formula is C30H33NO. The van der Waals surface area contributed by atoms with Gasteiger partial charge in [0.2, 0.25) is 0 Å². The van der Waals surface area contributed by atoms with Gasteiger partial charge in [0, 0.05) is 23.9 Å². The molecule has 0 aliphatic rings. The molecule has 0 atom stereocenters. The smallest absolute Gasteiger partial charge is 0.128 e. The van der Waals surface area contributed by atoms with E-state index in [1.165, 1.54) is 39.2 Å². The molecule has 0 saturated carbocycles. The molecule has 0 bridgehead atoms. The van der Waals surface area contributed by atoms with Crippen LogP contribution in [0, 0.1) is 0 Å². The first-order chi connectivity index (χ1) is 15.3. The van der Waals surface area contributed by atoms with Crippen LogP contribution in [0.25, 0.3) is 33.6 Å². The van der Waals surface area contributed by atoms with E-state index in [0.29, 0.717) is 0 Å². The van der Waals surface area contributed by atoms with Gasteiger partial charge in [-0.2, -0.15) is 0 Å². The van der Waals surface area contributed by atoms with Crippen molar-refractivity contribution in [2.75, 3.05) is 7.11 Å². The Morgan fingerprint density at radius 2 is 1.41 bits per heavy atom. The summed E-state index contributed by atoms with van der Waals surface area (Å²) in [4.78, 5) is 0. The molecule has 4 rings (SSSR count). The van der Waals surface area contributed by atoms with Gasteiger partial charge < -0.3 is 9.30 Å². The van der Waals surface area contributed by atoms with E-state index >= 15 is 0 Å². The van der Waals surface area contributed by atoms with Crippen molar-refractivity contribution in [1.29, 1.82) is 0 Å². The predicted molar refractivity (Wildman–Crippen MR) is 136 cm³/mol. The van der Waals surface area contributed by atoms with Crippen molar-refractivity contribution in [3.8, 4) is 39.4 Å². The van der Waals surface area contributed by atoms with Gasteiger partial charge in [-0.05, 0) is 52.3 Å². The Kier molecular flexibility index (Phi) is 5.97. The van der Waals surface area contributed by atoms with E-state index in [1.54, 1.807) is 7.11 Å². The molecule has 0 aliphatic heterocycles. The Hall–Kier alpha value is -3.26. The van der Waals surface area contributed by atoms with E-state index in [1.807, 2.05) is 12.1 Å². The summed E-state index contributed by atoms with van der Waals surface area (Å²) in [6, 6.07) is 28.5. The van der Waals surface area contributed by atoms with Crippen LogP contribution < -0.4 is 4.74 Å². The number of ether oxygens (including phenoxy) is 1. The lowest BCUT2D eigenvalue weighted by molar-refractivity contribution is 0.416. The number of aromatic nitrogens is 1. The summed E-state index contributed by atoms with van der Waals surface area (Å²) in [6.07, 6.45) is 1.04. The molecular weight excluding hydrogens is 390 g/mol. The minimum absolute atomic E-state index is 0.140. The third kappa shape index (κ3) is 4.10. The van der Waals surface area contributed by atoms with E-state index in [-0.39, 0.29) is 5.41 Å². The lowest BCUT2D eigenvalue weighted by atomic mass is 9.86. The highest BCUT2D eigenvalue weighted by Gasteiger charge is 2.20. The molecule has 0 fully saturated rings. The van der Waals surface area contributed by atoms with Gasteiger partial charge in [0.25, 0.3) is 0 Å². The normalized spacial score (nSPS) is 11.6. The number of hydrogen-bond donors (Lipinski definition) is 0. The number of benzene rings is 3. The van der Waals surface area contributed by atoms with Gasteiger partial charge in [-0.25, -0.2) is 0 Å². The Labute approximate surface area is 192 Å². The second-order valence-corrected chi connectivity index (χ2v) is 9.43. The fraction of sp³-hybridized carbons (Fsp3) is 0.267. The first-order valence-electron chi connectivity index (χ1n) is 11.4. The molecule has 164 valence electrons. The van der Waals surface area contributed by atoms with Crippen molar-refractivity contribution < 1.29 is 4.74 Å². The highest BCUT2D eigenvalue weighted by atomic mass is 16.5. The third-order valence-corrected chi connectivity index (χ3v) is 6.31. The summed E-state index contributed by atoms with van der Waals surface area (Å²) in [5.41, 5.74) is 9.95. The Bertz CT molecular complexity index is 1210. The Morgan fingerprint density at radius 1 is 0.781 bits per heavy atom. The standard InChI is InChI=1S/C30H33NO/c1-7-21-12-14-22(15-13-21)26-20-27(23-16-18-24(19-17-23)30(2,3)4)31(5)29(26)25-10-8-9-11-28(25)32-6/h8-20H,7H2,1-6H3. The van der Waals surface area contributed by atoms with Gasteiger partial charge in [-0.1, -0.05) is 88.4 Å². The number of hydrogen-bond acceptors (Lipinski definition) is 1. The van der Waals surface area contributed by atoms with Crippen LogP contribution in [0.2, 0.25) is 0 Å². The highest BCUT2D eigenvalue weighted by molar-refractivity contribution is 5.88. The minimum Gasteiger partial charge on any atom is -0.496 e. The van der Waals surface area contributed by atoms with E-state index in [2.05, 4.69) is 106 Å². The average molecular weight is 424 g/mol. The number of nitrogens with zero attached hydrogens (tertiary/aromatic N) is 1. The minimum atomic E-state index is 0.140. The molecule has 2 heteroatoms. The zero-order valence-electron chi connectivity index (χ0n) is 20.1. The van der Waals surface area contributed by atoms with Crippen LogP contribution in [0.3, 0.4) is 0 Å². The molecule has 32 heavy (non-hydrogen) atoms. The molecule has 0 unspecified atom stereocenters. The molecule has 1 aromatic heterocycles. The number of methoxy groups -OCH3 is 1. The highest BCUT2D eigenvalue weighted by Crippen LogP contribution is 2.42. The third-order valence-electron chi connectivity index (χ3n) is 6.31. The van der Waals surface area contributed by atoms with Crippen LogP contribution in [0.5, 0.6) is 5.75 Å². The van der Waals surface area contributed by atoms with Crippen LogP contribution in [-0.4, -0.2) is 11.7 Å². The zero-order valence-corrected chi connectivity index (χ0v) is 20.1. The fourth-order valence-corrected chi connectivity index (χ4v) is 4.33. The van der Waals surface area contributed by atoms with E-state index in [0.717, 1.165) is 17.7 Å². The molecule has 2 nitrogen and oxygen atoms in total. The van der Waals surface area contributed by atoms with Gasteiger partial charge in [-0.3, -0.25) is 0 Å². The molecule has 0 aliphatic carbocycles. The van der Waals surface area contributed by atoms with Crippen molar-refractivity contribution in [3.63, 3.8) is 0 Å². The molecule has 0 N–H and O–H groups in total. The van der Waals surface area contributed by atoms with E-state index in [4.69, 9.17) is 4.74 Å². The van der Waals surface area contributed by atoms with Gasteiger partial charge in [0.05, 0.1) is 12.8 Å². The van der Waals surface area contributed by atoms with E-state index < -0.39 is 0 Å². The molecule has 1 heterocycles. The number of aryl methyl sites for hydroxylation is 1. The molecule has 0 radical (unpaired) electrons. The summed E-state index contributed by atoms with van der Waals surface area (Å²) >= 11 is 0. The zero-order chi connectivity index (χ0) is 22.9. The maximum absolute atomic E-state index is 5.74. The summed E-state index contributed by atoms with van der Waals surface area (Å²) in [5, 5.41) is 0. The summed E-state index contributed by atoms with van der Waals surface area (Å²) < 4.78 is 8.04. The van der Waals surface area contributed by atoms with Crippen molar-refractivity contribution in [2.45, 2.75) is 39.5 Å². The first kappa shape index (κ1) is 22.0. The maximum Gasteiger partial charge on any atom is 0.128 e. The van der Waals surface area contributed by atoms with Crippen LogP contribution in [0.15, 0.2) is 78.9 Å². The second-order valence-electron chi connectivity index (χ2n) is 9.43. The fourth-order valence-electron chi connectivity index (χ4n) is 4.33. The topological polar surface area (TPSA) is 14.2 Å². The van der Waals surface area contributed by atoms with Crippen molar-refractivity contribution in [2.24, 2.45) is 7.05 Å². The van der Waals surface area contributed by atoms with Gasteiger partial charge in [0.1, 0.15) is 5.75 Å². The van der Waals surface area contributed by atoms with Crippen LogP contribution in [0.4, 0.5) is 0 Å². The molecule has 0 amide bonds. The van der Waals surface area contributed by atoms with Gasteiger partial charge in [-0.15, -0.1) is 0 Å². The SMILES string of the molecule is CCc1ccc(-c2cc(-c3ccc(C(C)(C)C)cc3)n(C)c2-c2ccccc2OC)cc1. The van der Waals surface area contributed by atoms with Crippen LogP contribution >= 0.6 is 0 Å². The number of para-hydroxylation sites is 1. The molecule has 4 aromatic rings. The summed E-state index contributed by atoms with van der Waals surface area (Å²) in [6.45, 7) is 8.95. The van der Waals surface area contributed by atoms with Crippen molar-refractivity contribution in [1.82, 2.24) is 4.57 Å². The monoisotopic (exact) mass is 423 g/mol. The summed E-state index contributed by atoms with van der Waals surface area (Å²) in [7, 11) is 3.89. The van der Waals surface area contributed by atoms with E-state index in [9.17, 15) is 0 Å². The maximum atomic E-state index is 5.74. The molecule has 0 saturated heterocycles. The van der Waals surface area contributed by atoms with Gasteiger partial charge >= 0.3 is 0 Å². The van der Waals surface area contributed by atoms with Crippen LogP contribution in [0.1, 0.15) is 38.8 Å². The lowest BCUT2D eigenvalue weighted by Gasteiger charge is -2.19. The lowest BCUT2D eigenvalue weighted by Crippen LogP contribution is -2.10. The van der Waals surface area contributed by atoms with Crippen LogP contribution in [-0.2, 0) is 18.9 Å². The van der Waals surface area contributed by atoms with Crippen molar-refractivity contribution >= 4 is 0 Å². The largest absolute Gasteiger partial charge is 0.496 e. The summed E-state index contributed by atoms with van der Waals surface area (Å²) in [5.74, 6) is 0.884. The number of rotatable bonds is 5. The second kappa shape index (κ2) is 8.70.